The Morgan fingerprint density at radius 2 is 2.00 bits per heavy atom. The van der Waals surface area contributed by atoms with Crippen LogP contribution in [0.15, 0.2) is 0 Å². The number of rotatable bonds is 10. The number of hydrogen-bond acceptors (Lipinski definition) is 7. The summed E-state index contributed by atoms with van der Waals surface area (Å²) < 4.78 is 0. The van der Waals surface area contributed by atoms with E-state index in [1.54, 1.807) is 0 Å². The number of carbonyl (C=O) groups excluding carboxylic acids is 1. The predicted molar refractivity (Wildman–Crippen MR) is 97.2 cm³/mol. The van der Waals surface area contributed by atoms with E-state index in [1.807, 2.05) is 0 Å². The number of nitrogens with two attached hydrogens (primary N) is 3. The van der Waals surface area contributed by atoms with Gasteiger partial charge in [-0.3, -0.25) is 15.0 Å². The number of carboxylic acid groups (broad SMARTS) is 1. The number of likely N-dealkylation sites (tertiary alicyclic amines) is 1. The highest BCUT2D eigenvalue weighted by molar-refractivity contribution is 6.40. The first-order valence-electron chi connectivity index (χ1n) is 8.81. The van der Waals surface area contributed by atoms with Gasteiger partial charge < -0.3 is 37.3 Å². The molecule has 0 saturated carbocycles. The fourth-order valence-electron chi connectivity index (χ4n) is 3.30. The first-order chi connectivity index (χ1) is 12.0. The summed E-state index contributed by atoms with van der Waals surface area (Å²) in [5.41, 5.74) is 15.6. The van der Waals surface area contributed by atoms with Crippen molar-refractivity contribution in [3.63, 3.8) is 0 Å². The second-order valence-corrected chi connectivity index (χ2v) is 7.19. The van der Waals surface area contributed by atoms with Crippen LogP contribution in [0, 0.1) is 11.3 Å². The van der Waals surface area contributed by atoms with Gasteiger partial charge in [0.2, 0.25) is 5.91 Å². The Morgan fingerprint density at radius 1 is 1.35 bits per heavy atom. The third kappa shape index (κ3) is 6.91. The highest BCUT2D eigenvalue weighted by atomic mass is 16.4. The zero-order valence-corrected chi connectivity index (χ0v) is 14.9. The summed E-state index contributed by atoms with van der Waals surface area (Å²) >= 11 is 0. The van der Waals surface area contributed by atoms with Gasteiger partial charge in [0.25, 0.3) is 0 Å². The first kappa shape index (κ1) is 22.4. The van der Waals surface area contributed by atoms with Crippen molar-refractivity contribution in [1.29, 1.82) is 5.41 Å². The molecule has 0 unspecified atom stereocenters. The molecule has 10 nitrogen and oxygen atoms in total. The van der Waals surface area contributed by atoms with Crippen molar-refractivity contribution in [1.82, 2.24) is 4.90 Å². The van der Waals surface area contributed by atoms with Crippen LogP contribution in [0.4, 0.5) is 0 Å². The molecule has 1 rings (SSSR count). The molecule has 0 bridgehead atoms. The van der Waals surface area contributed by atoms with E-state index in [4.69, 9.17) is 32.7 Å². The average Bonchev–Trinajstić information content (AvgIpc) is 2.55. The number of aliphatic carboxylic acids is 1. The quantitative estimate of drug-likeness (QED) is 0.102. The molecule has 1 heterocycles. The van der Waals surface area contributed by atoms with Crippen LogP contribution in [0.25, 0.3) is 0 Å². The lowest BCUT2D eigenvalue weighted by Gasteiger charge is -2.42. The number of unbranched alkanes of at least 4 members (excludes halogenated alkanes) is 1. The van der Waals surface area contributed by atoms with Crippen LogP contribution < -0.4 is 17.2 Å². The third-order valence-electron chi connectivity index (χ3n) is 4.70. The number of nitrogens with one attached hydrogen (secondary N) is 1. The molecule has 1 saturated heterocycles. The fourth-order valence-corrected chi connectivity index (χ4v) is 3.30. The van der Waals surface area contributed by atoms with Gasteiger partial charge >= 0.3 is 13.1 Å². The van der Waals surface area contributed by atoms with Gasteiger partial charge in [0.15, 0.2) is 0 Å². The molecule has 26 heavy (non-hydrogen) atoms. The molecule has 148 valence electrons. The summed E-state index contributed by atoms with van der Waals surface area (Å²) in [6.45, 7) is 0.166. The van der Waals surface area contributed by atoms with Crippen molar-refractivity contribution >= 4 is 24.8 Å². The second kappa shape index (κ2) is 9.86. The van der Waals surface area contributed by atoms with E-state index in [2.05, 4.69) is 0 Å². The summed E-state index contributed by atoms with van der Waals surface area (Å²) in [6.07, 6.45) is 2.73. The van der Waals surface area contributed by atoms with Gasteiger partial charge in [0.1, 0.15) is 5.54 Å². The minimum Gasteiger partial charge on any atom is -0.480 e. The summed E-state index contributed by atoms with van der Waals surface area (Å²) in [6, 6.07) is -0.776. The highest BCUT2D eigenvalue weighted by Crippen LogP contribution is 2.28. The maximum Gasteiger partial charge on any atom is 0.451 e. The number of nitrogens with zero attached hydrogens (tertiary/aromatic N) is 1. The smallest absolute Gasteiger partial charge is 0.451 e. The minimum atomic E-state index is -1.58. The van der Waals surface area contributed by atoms with Gasteiger partial charge in [-0.25, -0.2) is 0 Å². The van der Waals surface area contributed by atoms with Crippen LogP contribution in [-0.2, 0) is 9.59 Å². The van der Waals surface area contributed by atoms with E-state index < -0.39 is 24.7 Å². The zero-order chi connectivity index (χ0) is 19.9. The summed E-state index contributed by atoms with van der Waals surface area (Å²) in [5.74, 6) is -1.72. The van der Waals surface area contributed by atoms with Crippen LogP contribution in [0.1, 0.15) is 38.5 Å². The Labute approximate surface area is 153 Å². The fraction of sp³-hybridized carbons (Fsp3) is 0.800. The monoisotopic (exact) mass is 371 g/mol. The van der Waals surface area contributed by atoms with Gasteiger partial charge in [0.05, 0.1) is 11.9 Å². The van der Waals surface area contributed by atoms with Crippen molar-refractivity contribution in [3.05, 3.63) is 0 Å². The lowest BCUT2D eigenvalue weighted by molar-refractivity contribution is -0.149. The Morgan fingerprint density at radius 3 is 2.54 bits per heavy atom. The maximum absolute atomic E-state index is 12.6. The van der Waals surface area contributed by atoms with Crippen LogP contribution >= 0.6 is 0 Å². The molecule has 0 spiro atoms. The van der Waals surface area contributed by atoms with Gasteiger partial charge in [-0.2, -0.15) is 0 Å². The van der Waals surface area contributed by atoms with E-state index in [0.29, 0.717) is 38.6 Å². The van der Waals surface area contributed by atoms with E-state index in [0.717, 1.165) is 0 Å². The van der Waals surface area contributed by atoms with Gasteiger partial charge in [-0.15, -0.1) is 0 Å². The highest BCUT2D eigenvalue weighted by Gasteiger charge is 2.44. The molecule has 0 aromatic heterocycles. The lowest BCUT2D eigenvalue weighted by atomic mass is 9.75. The number of carbonyl (C=O) groups is 2. The summed E-state index contributed by atoms with van der Waals surface area (Å²) in [7, 11) is -1.48. The van der Waals surface area contributed by atoms with Crippen LogP contribution in [0.3, 0.4) is 0 Å². The van der Waals surface area contributed by atoms with Crippen molar-refractivity contribution < 1.29 is 24.7 Å². The topological polar surface area (TPSA) is 200 Å². The SMILES string of the molecule is N=C(N)CCCC[C@H](N)C(=O)N1C[C@@H](CCB(O)O)C[C@](N)(C(=O)O)C1. The van der Waals surface area contributed by atoms with Gasteiger partial charge in [-0.1, -0.05) is 12.8 Å². The predicted octanol–water partition coefficient (Wildman–Crippen LogP) is -1.70. The Kier molecular flexibility index (Phi) is 8.48. The molecular formula is C15H30BN5O5. The lowest BCUT2D eigenvalue weighted by Crippen LogP contribution is -2.64. The normalized spacial score (nSPS) is 24.2. The Bertz CT molecular complexity index is 521. The van der Waals surface area contributed by atoms with Crippen molar-refractivity contribution in [2.75, 3.05) is 13.1 Å². The average molecular weight is 371 g/mol. The second-order valence-electron chi connectivity index (χ2n) is 7.19. The number of amides is 1. The molecule has 0 aromatic rings. The number of amidine groups is 1. The number of carboxylic acids is 1. The van der Waals surface area contributed by atoms with E-state index in [9.17, 15) is 14.7 Å². The van der Waals surface area contributed by atoms with E-state index in [-0.39, 0.29) is 36.9 Å². The van der Waals surface area contributed by atoms with Gasteiger partial charge in [0, 0.05) is 19.5 Å². The first-order valence-corrected chi connectivity index (χ1v) is 8.81. The molecule has 10 N–H and O–H groups in total. The molecule has 1 fully saturated rings. The Hall–Kier alpha value is -1.69. The minimum absolute atomic E-state index is 0.0828. The molecule has 11 heteroatoms. The van der Waals surface area contributed by atoms with E-state index in [1.165, 1.54) is 4.90 Å². The number of hydrogen-bond donors (Lipinski definition) is 7. The van der Waals surface area contributed by atoms with Crippen LogP contribution in [-0.4, -0.2) is 69.6 Å². The number of piperidine rings is 1. The summed E-state index contributed by atoms with van der Waals surface area (Å²) in [4.78, 5) is 25.5. The summed E-state index contributed by atoms with van der Waals surface area (Å²) in [5, 5.41) is 34.7. The maximum atomic E-state index is 12.6. The molecule has 1 aliphatic heterocycles. The van der Waals surface area contributed by atoms with Crippen molar-refractivity contribution in [2.24, 2.45) is 23.1 Å². The molecule has 3 atom stereocenters. The molecule has 0 aromatic carbocycles. The molecular weight excluding hydrogens is 341 g/mol. The van der Waals surface area contributed by atoms with E-state index >= 15 is 0 Å². The van der Waals surface area contributed by atoms with Crippen molar-refractivity contribution in [2.45, 2.75) is 56.4 Å². The third-order valence-corrected chi connectivity index (χ3v) is 4.70. The molecule has 0 aliphatic carbocycles. The van der Waals surface area contributed by atoms with Gasteiger partial charge in [-0.05, 0) is 31.5 Å². The molecule has 0 radical (unpaired) electrons. The van der Waals surface area contributed by atoms with Crippen LogP contribution in [0.5, 0.6) is 0 Å². The van der Waals surface area contributed by atoms with Crippen LogP contribution in [0.2, 0.25) is 6.32 Å². The Balaban J connectivity index is 2.69. The standard InChI is InChI=1S/C15H30BN5O5/c17-11(3-1-2-4-12(18)19)13(22)21-8-10(5-6-16(25)26)7-15(20,9-21)14(23)24/h10-11,25-26H,1-9,17,20H2,(H3,18,19)(H,23,24)/t10-,11-,15+/m0/s1. The molecule has 1 aliphatic rings. The van der Waals surface area contributed by atoms with Crippen molar-refractivity contribution in [3.8, 4) is 0 Å². The zero-order valence-electron chi connectivity index (χ0n) is 14.9. The molecule has 1 amide bonds. The largest absolute Gasteiger partial charge is 0.480 e.